The smallest absolute Gasteiger partial charge is 0.269 e. The summed E-state index contributed by atoms with van der Waals surface area (Å²) in [6.07, 6.45) is 6.69. The second kappa shape index (κ2) is 11.3. The summed E-state index contributed by atoms with van der Waals surface area (Å²) in [5.41, 5.74) is 13.6. The maximum atomic E-state index is 14.9. The predicted molar refractivity (Wildman–Crippen MR) is 200 cm³/mol. The summed E-state index contributed by atoms with van der Waals surface area (Å²) in [6.45, 7) is 4.10. The van der Waals surface area contributed by atoms with Gasteiger partial charge in [0.2, 0.25) is 0 Å². The van der Waals surface area contributed by atoms with Crippen molar-refractivity contribution in [1.82, 2.24) is 19.0 Å². The van der Waals surface area contributed by atoms with Crippen molar-refractivity contribution < 1.29 is 9.59 Å². The van der Waals surface area contributed by atoms with Gasteiger partial charge in [-0.3, -0.25) is 14.6 Å². The van der Waals surface area contributed by atoms with E-state index in [1.54, 1.807) is 24.4 Å². The number of rotatable bonds is 6. The van der Waals surface area contributed by atoms with Crippen LogP contribution in [0.25, 0.3) is 60.6 Å². The van der Waals surface area contributed by atoms with Crippen LogP contribution in [0.2, 0.25) is 0 Å². The Morgan fingerprint density at radius 3 is 1.60 bits per heavy atom. The molecule has 3 aromatic heterocycles. The van der Waals surface area contributed by atoms with E-state index in [1.807, 2.05) is 103 Å². The van der Waals surface area contributed by atoms with E-state index >= 15 is 0 Å². The normalized spacial score (nSPS) is 13.4. The Hall–Kier alpha value is -6.99. The molecule has 7 heteroatoms. The van der Waals surface area contributed by atoms with Crippen LogP contribution in [0.1, 0.15) is 26.4 Å². The van der Waals surface area contributed by atoms with Gasteiger partial charge in [0.1, 0.15) is 5.82 Å². The molecular formula is C43H29N5O2. The number of pyridine rings is 1. The number of nitrogens with two attached hydrogens (primary N) is 1. The Morgan fingerprint density at radius 2 is 1.10 bits per heavy atom. The summed E-state index contributed by atoms with van der Waals surface area (Å²) in [7, 11) is 0. The van der Waals surface area contributed by atoms with Crippen LogP contribution in [-0.2, 0) is 0 Å². The van der Waals surface area contributed by atoms with Gasteiger partial charge in [0.05, 0.1) is 38.9 Å². The highest BCUT2D eigenvalue weighted by molar-refractivity contribution is 6.40. The van der Waals surface area contributed by atoms with Crippen molar-refractivity contribution in [2.45, 2.75) is 0 Å². The molecule has 0 aliphatic carbocycles. The molecule has 2 amide bonds. The standard InChI is InChI=1S/C43H29N5O2/c1-27(32-22-12-13-26-45-32)15-14-25-35(44)48-42(49)38-39(43(48)50)41-37(31-21-9-11-24-34(31)47(41)29-18-6-3-7-19-29)36-30-20-8-10-23-33(30)46(40(36)38)28-16-4-2-5-17-28/h2-26H,1,44H2/b15-14-,35-25+. The Labute approximate surface area is 287 Å². The molecule has 4 heterocycles. The van der Waals surface area contributed by atoms with E-state index in [-0.39, 0.29) is 5.82 Å². The van der Waals surface area contributed by atoms with E-state index in [0.717, 1.165) is 48.9 Å². The van der Waals surface area contributed by atoms with Crippen LogP contribution < -0.4 is 5.73 Å². The summed E-state index contributed by atoms with van der Waals surface area (Å²) in [4.78, 5) is 35.2. The van der Waals surface area contributed by atoms with Crippen LogP contribution >= 0.6 is 0 Å². The zero-order chi connectivity index (χ0) is 33.9. The molecule has 0 bridgehead atoms. The number of hydrogen-bond acceptors (Lipinski definition) is 4. The van der Waals surface area contributed by atoms with E-state index in [4.69, 9.17) is 5.73 Å². The largest absolute Gasteiger partial charge is 0.385 e. The molecule has 0 atom stereocenters. The first-order chi connectivity index (χ1) is 24.5. The van der Waals surface area contributed by atoms with Crippen molar-refractivity contribution in [1.29, 1.82) is 0 Å². The number of carbonyl (C=O) groups excluding carboxylic acids is 2. The number of allylic oxidation sites excluding steroid dienone is 4. The fraction of sp³-hybridized carbons (Fsp3) is 0. The fourth-order valence-electron chi connectivity index (χ4n) is 7.33. The maximum absolute atomic E-state index is 14.9. The van der Waals surface area contributed by atoms with Crippen LogP contribution in [0.5, 0.6) is 0 Å². The number of amides is 2. The molecular weight excluding hydrogens is 619 g/mol. The molecule has 0 saturated carbocycles. The third kappa shape index (κ3) is 4.20. The average molecular weight is 648 g/mol. The van der Waals surface area contributed by atoms with Gasteiger partial charge in [0, 0.05) is 39.1 Å². The number of aromatic nitrogens is 3. The summed E-state index contributed by atoms with van der Waals surface area (Å²) in [5.74, 6) is -0.952. The molecule has 8 aromatic rings. The topological polar surface area (TPSA) is 86.1 Å². The van der Waals surface area contributed by atoms with E-state index in [9.17, 15) is 9.59 Å². The van der Waals surface area contributed by atoms with Gasteiger partial charge < -0.3 is 14.9 Å². The van der Waals surface area contributed by atoms with Crippen molar-refractivity contribution in [2.75, 3.05) is 0 Å². The van der Waals surface area contributed by atoms with E-state index in [0.29, 0.717) is 33.4 Å². The summed E-state index contributed by atoms with van der Waals surface area (Å²) < 4.78 is 4.20. The number of nitrogens with zero attached hydrogens (tertiary/aromatic N) is 4. The molecule has 50 heavy (non-hydrogen) atoms. The van der Waals surface area contributed by atoms with Gasteiger partial charge in [0.15, 0.2) is 0 Å². The summed E-state index contributed by atoms with van der Waals surface area (Å²) >= 11 is 0. The minimum atomic E-state index is -0.479. The Kier molecular flexibility index (Phi) is 6.60. The number of hydrogen-bond donors (Lipinski definition) is 1. The molecule has 0 saturated heterocycles. The van der Waals surface area contributed by atoms with Gasteiger partial charge in [-0.05, 0) is 60.2 Å². The fourth-order valence-corrected chi connectivity index (χ4v) is 7.33. The third-order valence-corrected chi connectivity index (χ3v) is 9.40. The van der Waals surface area contributed by atoms with Gasteiger partial charge in [-0.15, -0.1) is 0 Å². The maximum Gasteiger partial charge on any atom is 0.269 e. The molecule has 0 unspecified atom stereocenters. The number of benzene rings is 5. The van der Waals surface area contributed by atoms with Crippen molar-refractivity contribution in [3.8, 4) is 11.4 Å². The number of fused-ring (bicyclic) bond motifs is 10. The van der Waals surface area contributed by atoms with Crippen molar-refractivity contribution >= 4 is 61.0 Å². The van der Waals surface area contributed by atoms with Crippen molar-refractivity contribution in [3.05, 3.63) is 181 Å². The Bertz CT molecular complexity index is 2600. The summed E-state index contributed by atoms with van der Waals surface area (Å²) in [5, 5.41) is 3.77. The van der Waals surface area contributed by atoms with Gasteiger partial charge in [-0.25, -0.2) is 4.90 Å². The highest BCUT2D eigenvalue weighted by Crippen LogP contribution is 2.48. The van der Waals surface area contributed by atoms with E-state index < -0.39 is 11.8 Å². The molecule has 238 valence electrons. The third-order valence-electron chi connectivity index (χ3n) is 9.40. The monoisotopic (exact) mass is 647 g/mol. The van der Waals surface area contributed by atoms with Crippen molar-refractivity contribution in [3.63, 3.8) is 0 Å². The highest BCUT2D eigenvalue weighted by atomic mass is 16.2. The molecule has 0 fully saturated rings. The second-order valence-electron chi connectivity index (χ2n) is 12.2. The first-order valence-corrected chi connectivity index (χ1v) is 16.3. The lowest BCUT2D eigenvalue weighted by Gasteiger charge is -2.13. The lowest BCUT2D eigenvalue weighted by atomic mass is 9.98. The van der Waals surface area contributed by atoms with E-state index in [2.05, 4.69) is 45.0 Å². The number of imide groups is 1. The SMILES string of the molecule is C=C(/C=C\C=C(/N)N1C(=O)c2c(c3c(c4ccccc4n3-c3ccccc3)c3c4ccccc4n(-c4ccccc4)c23)C1=O)c1ccccn1. The highest BCUT2D eigenvalue weighted by Gasteiger charge is 2.43. The minimum absolute atomic E-state index is 0.00677. The number of carbonyl (C=O) groups is 2. The number of para-hydroxylation sites is 4. The zero-order valence-corrected chi connectivity index (χ0v) is 26.8. The van der Waals surface area contributed by atoms with Crippen LogP contribution in [0, 0.1) is 0 Å². The molecule has 9 rings (SSSR count). The molecule has 1 aliphatic rings. The molecule has 0 radical (unpaired) electrons. The molecule has 7 nitrogen and oxygen atoms in total. The molecule has 2 N–H and O–H groups in total. The van der Waals surface area contributed by atoms with Gasteiger partial charge in [-0.2, -0.15) is 0 Å². The first kappa shape index (κ1) is 29.2. The molecule has 5 aromatic carbocycles. The average Bonchev–Trinajstić information content (AvgIpc) is 3.77. The van der Waals surface area contributed by atoms with Crippen LogP contribution in [-0.4, -0.2) is 30.8 Å². The molecule has 0 spiro atoms. The minimum Gasteiger partial charge on any atom is -0.385 e. The Morgan fingerprint density at radius 1 is 0.620 bits per heavy atom. The van der Waals surface area contributed by atoms with Gasteiger partial charge in [-0.1, -0.05) is 97.6 Å². The van der Waals surface area contributed by atoms with Gasteiger partial charge in [0.25, 0.3) is 11.8 Å². The van der Waals surface area contributed by atoms with Crippen LogP contribution in [0.3, 0.4) is 0 Å². The summed E-state index contributed by atoms with van der Waals surface area (Å²) in [6, 6.07) is 41.8. The lowest BCUT2D eigenvalue weighted by Crippen LogP contribution is -2.33. The van der Waals surface area contributed by atoms with Crippen molar-refractivity contribution in [2.24, 2.45) is 5.73 Å². The first-order valence-electron chi connectivity index (χ1n) is 16.3. The Balaban J connectivity index is 1.39. The lowest BCUT2D eigenvalue weighted by molar-refractivity contribution is 0.0703. The zero-order valence-electron chi connectivity index (χ0n) is 26.8. The quantitative estimate of drug-likeness (QED) is 0.144. The van der Waals surface area contributed by atoms with E-state index in [1.165, 1.54) is 0 Å². The predicted octanol–water partition coefficient (Wildman–Crippen LogP) is 8.94. The molecule has 1 aliphatic heterocycles. The van der Waals surface area contributed by atoms with Crippen LogP contribution in [0.15, 0.2) is 164 Å². The second-order valence-corrected chi connectivity index (χ2v) is 12.2. The van der Waals surface area contributed by atoms with Gasteiger partial charge >= 0.3 is 0 Å². The van der Waals surface area contributed by atoms with Crippen LogP contribution in [0.4, 0.5) is 0 Å².